The maximum atomic E-state index is 11.2. The van der Waals surface area contributed by atoms with Crippen molar-refractivity contribution in [2.75, 3.05) is 26.8 Å². The molecule has 5 heteroatoms. The molecule has 5 nitrogen and oxygen atoms in total. The van der Waals surface area contributed by atoms with Crippen molar-refractivity contribution in [1.82, 2.24) is 10.6 Å². The molecule has 0 saturated heterocycles. The Hall–Kier alpha value is -1.75. The number of para-hydroxylation sites is 1. The van der Waals surface area contributed by atoms with Gasteiger partial charge >= 0.3 is 0 Å². The van der Waals surface area contributed by atoms with Gasteiger partial charge in [0.25, 0.3) is 0 Å². The average Bonchev–Trinajstić information content (AvgIpc) is 2.50. The summed E-state index contributed by atoms with van der Waals surface area (Å²) in [7, 11) is 1.64. The number of hydrogen-bond acceptors (Lipinski definition) is 4. The number of carbonyl (C=O) groups is 1. The molecule has 0 spiro atoms. The van der Waals surface area contributed by atoms with E-state index in [9.17, 15) is 4.79 Å². The third-order valence-corrected chi connectivity index (χ3v) is 3.00. The molecule has 1 amide bonds. The summed E-state index contributed by atoms with van der Waals surface area (Å²) in [6.45, 7) is 6.75. The van der Waals surface area contributed by atoms with Gasteiger partial charge in [-0.2, -0.15) is 0 Å². The van der Waals surface area contributed by atoms with Crippen LogP contribution in [0.2, 0.25) is 0 Å². The lowest BCUT2D eigenvalue weighted by Crippen LogP contribution is -2.18. The van der Waals surface area contributed by atoms with Crippen molar-refractivity contribution in [2.45, 2.75) is 33.2 Å². The Kier molecular flexibility index (Phi) is 8.28. The summed E-state index contributed by atoms with van der Waals surface area (Å²) in [5.41, 5.74) is 1.07. The van der Waals surface area contributed by atoms with E-state index in [1.165, 1.54) is 0 Å². The van der Waals surface area contributed by atoms with Gasteiger partial charge in [0, 0.05) is 25.6 Å². The van der Waals surface area contributed by atoms with Crippen LogP contribution in [-0.4, -0.2) is 32.7 Å². The molecular formula is C16H26N2O3. The molecule has 0 bridgehead atoms. The highest BCUT2D eigenvalue weighted by molar-refractivity contribution is 5.75. The Morgan fingerprint density at radius 2 is 2.05 bits per heavy atom. The van der Waals surface area contributed by atoms with Crippen molar-refractivity contribution in [3.63, 3.8) is 0 Å². The Morgan fingerprint density at radius 1 is 1.24 bits per heavy atom. The van der Waals surface area contributed by atoms with Gasteiger partial charge in [-0.25, -0.2) is 0 Å². The minimum atomic E-state index is 0.0320. The van der Waals surface area contributed by atoms with Crippen LogP contribution in [0.4, 0.5) is 0 Å². The highest BCUT2D eigenvalue weighted by atomic mass is 16.5. The summed E-state index contributed by atoms with van der Waals surface area (Å²) in [5.74, 6) is 1.56. The van der Waals surface area contributed by atoms with E-state index in [1.54, 1.807) is 7.05 Å². The van der Waals surface area contributed by atoms with E-state index < -0.39 is 0 Å². The lowest BCUT2D eigenvalue weighted by molar-refractivity contribution is -0.120. The number of nitrogens with one attached hydrogen (secondary N) is 2. The normalized spacial score (nSPS) is 10.2. The van der Waals surface area contributed by atoms with Gasteiger partial charge in [-0.15, -0.1) is 0 Å². The second-order valence-corrected chi connectivity index (χ2v) is 4.58. The van der Waals surface area contributed by atoms with Crippen LogP contribution in [0.3, 0.4) is 0 Å². The molecule has 118 valence electrons. The summed E-state index contributed by atoms with van der Waals surface area (Å²) in [5, 5.41) is 5.90. The standard InChI is InChI=1S/C16H26N2O3/c1-4-18-12-13-8-6-9-14(20-5-2)16(13)21-11-7-10-15(19)17-3/h6,8-9,18H,4-5,7,10-12H2,1-3H3,(H,17,19). The Labute approximate surface area is 127 Å². The summed E-state index contributed by atoms with van der Waals surface area (Å²) in [4.78, 5) is 11.2. The summed E-state index contributed by atoms with van der Waals surface area (Å²) in [6, 6.07) is 5.90. The molecule has 0 heterocycles. The van der Waals surface area contributed by atoms with Crippen molar-refractivity contribution < 1.29 is 14.3 Å². The zero-order chi connectivity index (χ0) is 15.5. The summed E-state index contributed by atoms with van der Waals surface area (Å²) in [6.07, 6.45) is 1.15. The third-order valence-electron chi connectivity index (χ3n) is 3.00. The quantitative estimate of drug-likeness (QED) is 0.649. The molecular weight excluding hydrogens is 268 g/mol. The number of carbonyl (C=O) groups excluding carboxylic acids is 1. The fourth-order valence-corrected chi connectivity index (χ4v) is 1.93. The van der Waals surface area contributed by atoms with E-state index in [-0.39, 0.29) is 5.91 Å². The van der Waals surface area contributed by atoms with E-state index in [1.807, 2.05) is 25.1 Å². The van der Waals surface area contributed by atoms with Crippen LogP contribution in [0.15, 0.2) is 18.2 Å². The molecule has 0 atom stereocenters. The zero-order valence-corrected chi connectivity index (χ0v) is 13.2. The lowest BCUT2D eigenvalue weighted by atomic mass is 10.2. The van der Waals surface area contributed by atoms with E-state index >= 15 is 0 Å². The largest absolute Gasteiger partial charge is 0.490 e. The predicted octanol–water partition coefficient (Wildman–Crippen LogP) is 2.10. The Bertz CT molecular complexity index is 436. The second kappa shape index (κ2) is 10.0. The SMILES string of the molecule is CCNCc1cccc(OCC)c1OCCCC(=O)NC. The maximum absolute atomic E-state index is 11.2. The molecule has 0 saturated carbocycles. The molecule has 0 aliphatic rings. The van der Waals surface area contributed by atoms with Crippen LogP contribution in [0.5, 0.6) is 11.5 Å². The first-order valence-electron chi connectivity index (χ1n) is 7.51. The van der Waals surface area contributed by atoms with E-state index in [0.717, 1.165) is 30.2 Å². The Morgan fingerprint density at radius 3 is 2.71 bits per heavy atom. The van der Waals surface area contributed by atoms with Crippen molar-refractivity contribution >= 4 is 5.91 Å². The fourth-order valence-electron chi connectivity index (χ4n) is 1.93. The third kappa shape index (κ3) is 6.04. The zero-order valence-electron chi connectivity index (χ0n) is 13.2. The van der Waals surface area contributed by atoms with Crippen LogP contribution in [-0.2, 0) is 11.3 Å². The van der Waals surface area contributed by atoms with Gasteiger partial charge in [-0.05, 0) is 26.0 Å². The van der Waals surface area contributed by atoms with E-state index in [2.05, 4.69) is 17.6 Å². The monoisotopic (exact) mass is 294 g/mol. The molecule has 0 unspecified atom stereocenters. The molecule has 2 N–H and O–H groups in total. The van der Waals surface area contributed by atoms with Crippen molar-refractivity contribution in [1.29, 1.82) is 0 Å². The Balaban J connectivity index is 2.68. The number of rotatable bonds is 10. The molecule has 0 radical (unpaired) electrons. The van der Waals surface area contributed by atoms with Crippen LogP contribution in [0.1, 0.15) is 32.3 Å². The van der Waals surface area contributed by atoms with E-state index in [4.69, 9.17) is 9.47 Å². The molecule has 1 rings (SSSR count). The molecule has 21 heavy (non-hydrogen) atoms. The number of benzene rings is 1. The maximum Gasteiger partial charge on any atom is 0.219 e. The number of amides is 1. The number of ether oxygens (including phenoxy) is 2. The van der Waals surface area contributed by atoms with Crippen LogP contribution in [0, 0.1) is 0 Å². The first-order chi connectivity index (χ1) is 10.2. The van der Waals surface area contributed by atoms with Crippen molar-refractivity contribution in [3.8, 4) is 11.5 Å². The first kappa shape index (κ1) is 17.3. The van der Waals surface area contributed by atoms with Crippen molar-refractivity contribution in [2.24, 2.45) is 0 Å². The fraction of sp³-hybridized carbons (Fsp3) is 0.562. The highest BCUT2D eigenvalue weighted by Gasteiger charge is 2.11. The molecule has 1 aromatic carbocycles. The molecule has 0 aromatic heterocycles. The number of hydrogen-bond donors (Lipinski definition) is 2. The van der Waals surface area contributed by atoms with Crippen LogP contribution < -0.4 is 20.1 Å². The van der Waals surface area contributed by atoms with Gasteiger partial charge in [0.15, 0.2) is 11.5 Å². The van der Waals surface area contributed by atoms with E-state index in [0.29, 0.717) is 26.1 Å². The predicted molar refractivity (Wildman–Crippen MR) is 83.8 cm³/mol. The summed E-state index contributed by atoms with van der Waals surface area (Å²) >= 11 is 0. The molecule has 1 aromatic rings. The lowest BCUT2D eigenvalue weighted by Gasteiger charge is -2.16. The second-order valence-electron chi connectivity index (χ2n) is 4.58. The van der Waals surface area contributed by atoms with Gasteiger partial charge in [0.05, 0.1) is 13.2 Å². The molecule has 0 aliphatic heterocycles. The topological polar surface area (TPSA) is 59.6 Å². The van der Waals surface area contributed by atoms with Crippen LogP contribution >= 0.6 is 0 Å². The van der Waals surface area contributed by atoms with Gasteiger partial charge < -0.3 is 20.1 Å². The average molecular weight is 294 g/mol. The summed E-state index contributed by atoms with van der Waals surface area (Å²) < 4.78 is 11.5. The molecule has 0 fully saturated rings. The van der Waals surface area contributed by atoms with Crippen molar-refractivity contribution in [3.05, 3.63) is 23.8 Å². The van der Waals surface area contributed by atoms with Gasteiger partial charge in [0.1, 0.15) is 0 Å². The van der Waals surface area contributed by atoms with Gasteiger partial charge in [-0.1, -0.05) is 19.1 Å². The minimum absolute atomic E-state index is 0.0320. The van der Waals surface area contributed by atoms with Crippen LogP contribution in [0.25, 0.3) is 0 Å². The minimum Gasteiger partial charge on any atom is -0.490 e. The highest BCUT2D eigenvalue weighted by Crippen LogP contribution is 2.31. The smallest absolute Gasteiger partial charge is 0.219 e. The molecule has 0 aliphatic carbocycles. The van der Waals surface area contributed by atoms with Gasteiger partial charge in [0.2, 0.25) is 5.91 Å². The first-order valence-corrected chi connectivity index (χ1v) is 7.51. The van der Waals surface area contributed by atoms with Gasteiger partial charge in [-0.3, -0.25) is 4.79 Å².